The van der Waals surface area contributed by atoms with Crippen LogP contribution < -0.4 is 10.1 Å². The predicted octanol–water partition coefficient (Wildman–Crippen LogP) is 4.23. The summed E-state index contributed by atoms with van der Waals surface area (Å²) in [6, 6.07) is 15.3. The van der Waals surface area contributed by atoms with E-state index in [9.17, 15) is 4.79 Å². The summed E-state index contributed by atoms with van der Waals surface area (Å²) in [4.78, 5) is 21.1. The Bertz CT molecular complexity index is 1190. The summed E-state index contributed by atoms with van der Waals surface area (Å²) in [6.45, 7) is 5.50. The fraction of sp³-hybridized carbons (Fsp3) is 0.182. The third-order valence-electron chi connectivity index (χ3n) is 4.68. The molecule has 1 amide bonds. The minimum atomic E-state index is -0.277. The second-order valence-electron chi connectivity index (χ2n) is 6.74. The van der Waals surface area contributed by atoms with Gasteiger partial charge in [0.15, 0.2) is 6.61 Å². The standard InChI is InChI=1S/C22H20N4O3/c1-13-8-7-11-17(14(13)2)25-18(27)12-28-21-19-20(16-9-5-4-6-10-16)26-29-22(19)24-15(3)23-21/h4-11H,12H2,1-3H3,(H,25,27). The Hall–Kier alpha value is -3.74. The zero-order chi connectivity index (χ0) is 20.4. The van der Waals surface area contributed by atoms with Crippen LogP contribution in [0.2, 0.25) is 0 Å². The zero-order valence-electron chi connectivity index (χ0n) is 16.4. The van der Waals surface area contributed by atoms with Crippen LogP contribution in [0.5, 0.6) is 5.88 Å². The molecule has 0 aliphatic rings. The molecule has 0 unspecified atom stereocenters. The molecular formula is C22H20N4O3. The van der Waals surface area contributed by atoms with Crippen LogP contribution in [-0.4, -0.2) is 27.6 Å². The Morgan fingerprint density at radius 2 is 1.83 bits per heavy atom. The van der Waals surface area contributed by atoms with Crippen molar-refractivity contribution in [2.75, 3.05) is 11.9 Å². The number of carbonyl (C=O) groups excluding carboxylic acids is 1. The van der Waals surface area contributed by atoms with Crippen molar-refractivity contribution in [3.63, 3.8) is 0 Å². The van der Waals surface area contributed by atoms with Gasteiger partial charge >= 0.3 is 0 Å². The van der Waals surface area contributed by atoms with Crippen LogP contribution in [-0.2, 0) is 4.79 Å². The summed E-state index contributed by atoms with van der Waals surface area (Å²) in [7, 11) is 0. The van der Waals surface area contributed by atoms with Gasteiger partial charge in [-0.15, -0.1) is 0 Å². The van der Waals surface area contributed by atoms with Crippen molar-refractivity contribution in [3.05, 3.63) is 65.5 Å². The van der Waals surface area contributed by atoms with Crippen LogP contribution in [0.4, 0.5) is 5.69 Å². The molecule has 146 valence electrons. The number of ether oxygens (including phenoxy) is 1. The van der Waals surface area contributed by atoms with Crippen LogP contribution in [0.25, 0.3) is 22.4 Å². The summed E-state index contributed by atoms with van der Waals surface area (Å²) < 4.78 is 11.1. The van der Waals surface area contributed by atoms with E-state index in [0.29, 0.717) is 22.6 Å². The lowest BCUT2D eigenvalue weighted by molar-refractivity contribution is -0.118. The third kappa shape index (κ3) is 3.80. The minimum Gasteiger partial charge on any atom is -0.467 e. The first-order valence-electron chi connectivity index (χ1n) is 9.21. The van der Waals surface area contributed by atoms with Gasteiger partial charge in [-0.3, -0.25) is 4.79 Å². The molecule has 2 aromatic heterocycles. The van der Waals surface area contributed by atoms with E-state index in [0.717, 1.165) is 22.4 Å². The number of fused-ring (bicyclic) bond motifs is 1. The van der Waals surface area contributed by atoms with Crippen molar-refractivity contribution >= 4 is 22.7 Å². The largest absolute Gasteiger partial charge is 0.467 e. The lowest BCUT2D eigenvalue weighted by Crippen LogP contribution is -2.21. The number of amides is 1. The van der Waals surface area contributed by atoms with Gasteiger partial charge in [-0.05, 0) is 38.0 Å². The molecule has 4 aromatic rings. The Kier molecular flexibility index (Phi) is 4.95. The summed E-state index contributed by atoms with van der Waals surface area (Å²) in [6.07, 6.45) is 0. The summed E-state index contributed by atoms with van der Waals surface area (Å²) in [5.41, 5.74) is 4.63. The second-order valence-corrected chi connectivity index (χ2v) is 6.74. The minimum absolute atomic E-state index is 0.196. The number of rotatable bonds is 5. The molecule has 2 aromatic carbocycles. The number of hydrogen-bond donors (Lipinski definition) is 1. The van der Waals surface area contributed by atoms with Gasteiger partial charge in [0, 0.05) is 11.3 Å². The first-order chi connectivity index (χ1) is 14.0. The number of aromatic nitrogens is 3. The van der Waals surface area contributed by atoms with E-state index in [1.165, 1.54) is 0 Å². The highest BCUT2D eigenvalue weighted by atomic mass is 16.5. The first kappa shape index (κ1) is 18.6. The fourth-order valence-corrected chi connectivity index (χ4v) is 3.03. The Labute approximate surface area is 167 Å². The molecule has 0 atom stereocenters. The molecule has 0 aliphatic carbocycles. The quantitative estimate of drug-likeness (QED) is 0.550. The van der Waals surface area contributed by atoms with Gasteiger partial charge in [-0.25, -0.2) is 0 Å². The van der Waals surface area contributed by atoms with Crippen LogP contribution in [0.15, 0.2) is 53.1 Å². The predicted molar refractivity (Wildman–Crippen MR) is 110 cm³/mol. The average Bonchev–Trinajstić information content (AvgIpc) is 3.14. The number of hydrogen-bond acceptors (Lipinski definition) is 6. The molecule has 4 rings (SSSR count). The molecule has 0 aliphatic heterocycles. The maximum absolute atomic E-state index is 12.4. The number of carbonyl (C=O) groups is 1. The number of aryl methyl sites for hydroxylation is 2. The van der Waals surface area contributed by atoms with E-state index in [-0.39, 0.29) is 18.4 Å². The van der Waals surface area contributed by atoms with E-state index < -0.39 is 0 Å². The maximum atomic E-state index is 12.4. The summed E-state index contributed by atoms with van der Waals surface area (Å²) >= 11 is 0. The summed E-state index contributed by atoms with van der Waals surface area (Å²) in [5, 5.41) is 7.55. The monoisotopic (exact) mass is 388 g/mol. The highest BCUT2D eigenvalue weighted by Gasteiger charge is 2.20. The van der Waals surface area contributed by atoms with Crippen molar-refractivity contribution in [1.82, 2.24) is 15.1 Å². The van der Waals surface area contributed by atoms with Gasteiger partial charge in [-0.1, -0.05) is 47.6 Å². The lowest BCUT2D eigenvalue weighted by atomic mass is 10.1. The van der Waals surface area contributed by atoms with Crippen LogP contribution in [0.1, 0.15) is 17.0 Å². The molecule has 29 heavy (non-hydrogen) atoms. The molecule has 0 saturated heterocycles. The highest BCUT2D eigenvalue weighted by Crippen LogP contribution is 2.33. The number of anilines is 1. The van der Waals surface area contributed by atoms with Crippen molar-refractivity contribution in [2.45, 2.75) is 20.8 Å². The van der Waals surface area contributed by atoms with Crippen molar-refractivity contribution in [3.8, 4) is 17.1 Å². The van der Waals surface area contributed by atoms with E-state index >= 15 is 0 Å². The van der Waals surface area contributed by atoms with Gasteiger partial charge in [0.05, 0.1) is 0 Å². The molecule has 1 N–H and O–H groups in total. The summed E-state index contributed by atoms with van der Waals surface area (Å²) in [5.74, 6) is 0.461. The second kappa shape index (κ2) is 7.71. The SMILES string of the molecule is Cc1nc(OCC(=O)Nc2cccc(C)c2C)c2c(-c3ccccc3)noc2n1. The third-order valence-corrected chi connectivity index (χ3v) is 4.68. The molecule has 0 bridgehead atoms. The first-order valence-corrected chi connectivity index (χ1v) is 9.21. The smallest absolute Gasteiger partial charge is 0.265 e. The number of nitrogens with one attached hydrogen (secondary N) is 1. The molecule has 0 spiro atoms. The van der Waals surface area contributed by atoms with Gasteiger partial charge in [0.2, 0.25) is 5.88 Å². The number of nitrogens with zero attached hydrogens (tertiary/aromatic N) is 3. The molecular weight excluding hydrogens is 368 g/mol. The Morgan fingerprint density at radius 3 is 2.62 bits per heavy atom. The van der Waals surface area contributed by atoms with Crippen LogP contribution in [0, 0.1) is 20.8 Å². The molecule has 7 nitrogen and oxygen atoms in total. The lowest BCUT2D eigenvalue weighted by Gasteiger charge is -2.11. The van der Waals surface area contributed by atoms with Crippen LogP contribution in [0.3, 0.4) is 0 Å². The van der Waals surface area contributed by atoms with Crippen LogP contribution >= 0.6 is 0 Å². The van der Waals surface area contributed by atoms with E-state index in [1.807, 2.05) is 62.4 Å². The van der Waals surface area contributed by atoms with Gasteiger partial charge in [0.25, 0.3) is 11.6 Å². The van der Waals surface area contributed by atoms with Gasteiger partial charge in [0.1, 0.15) is 16.9 Å². The van der Waals surface area contributed by atoms with Crippen molar-refractivity contribution in [2.24, 2.45) is 0 Å². The average molecular weight is 388 g/mol. The molecule has 0 radical (unpaired) electrons. The zero-order valence-corrected chi connectivity index (χ0v) is 16.4. The van der Waals surface area contributed by atoms with E-state index in [4.69, 9.17) is 9.26 Å². The van der Waals surface area contributed by atoms with E-state index in [1.54, 1.807) is 6.92 Å². The highest BCUT2D eigenvalue weighted by molar-refractivity contribution is 5.95. The topological polar surface area (TPSA) is 90.1 Å². The molecule has 2 heterocycles. The van der Waals surface area contributed by atoms with Crippen molar-refractivity contribution in [1.29, 1.82) is 0 Å². The Balaban J connectivity index is 1.60. The fourth-order valence-electron chi connectivity index (χ4n) is 3.03. The number of benzene rings is 2. The van der Waals surface area contributed by atoms with Crippen molar-refractivity contribution < 1.29 is 14.1 Å². The molecule has 7 heteroatoms. The molecule has 0 fully saturated rings. The van der Waals surface area contributed by atoms with Gasteiger partial charge in [-0.2, -0.15) is 9.97 Å². The van der Waals surface area contributed by atoms with Gasteiger partial charge < -0.3 is 14.6 Å². The Morgan fingerprint density at radius 1 is 1.03 bits per heavy atom. The van der Waals surface area contributed by atoms with E-state index in [2.05, 4.69) is 20.4 Å². The maximum Gasteiger partial charge on any atom is 0.265 e. The molecule has 0 saturated carbocycles. The normalized spacial score (nSPS) is 10.9.